The van der Waals surface area contributed by atoms with E-state index in [1.807, 2.05) is 56.9 Å². The Morgan fingerprint density at radius 3 is 2.64 bits per heavy atom. The first-order chi connectivity index (χ1) is 17.3. The number of fused-ring (bicyclic) bond motifs is 1. The van der Waals surface area contributed by atoms with Crippen molar-refractivity contribution < 1.29 is 4.79 Å². The Hall–Kier alpha value is -3.49. The van der Waals surface area contributed by atoms with Gasteiger partial charge in [0.2, 0.25) is 0 Å². The molecule has 2 aromatic carbocycles. The number of likely N-dealkylation sites (N-methyl/N-ethyl adjacent to an activating group) is 1. The highest BCUT2D eigenvalue weighted by atomic mass is 35.5. The van der Waals surface area contributed by atoms with Crippen LogP contribution in [-0.4, -0.2) is 57.7 Å². The molecule has 2 N–H and O–H groups in total. The molecule has 1 amide bonds. The van der Waals surface area contributed by atoms with Crippen LogP contribution >= 0.6 is 11.6 Å². The number of carbonyl (C=O) groups is 1. The summed E-state index contributed by atoms with van der Waals surface area (Å²) >= 11 is 6.30. The number of carbonyl (C=O) groups excluding carboxylic acids is 1. The third-order valence-corrected chi connectivity index (χ3v) is 6.39. The molecule has 0 radical (unpaired) electrons. The average Bonchev–Trinajstić information content (AvgIpc) is 3.21. The molecule has 9 heteroatoms. The molecule has 0 atom stereocenters. The SMILES string of the molecule is CCn1ncc(CN(C)C(=O)c2nc(-c3cc(C)cc(NCCNC)c3)nc3ccc(Cl)cc23)c1C. The summed E-state index contributed by atoms with van der Waals surface area (Å²) in [7, 11) is 3.70. The van der Waals surface area contributed by atoms with E-state index in [4.69, 9.17) is 21.6 Å². The van der Waals surface area contributed by atoms with Gasteiger partial charge in [-0.1, -0.05) is 11.6 Å². The van der Waals surface area contributed by atoms with Crippen LogP contribution in [0, 0.1) is 13.8 Å². The summed E-state index contributed by atoms with van der Waals surface area (Å²) in [6.07, 6.45) is 1.82. The predicted molar refractivity (Wildman–Crippen MR) is 146 cm³/mol. The maximum absolute atomic E-state index is 13.7. The van der Waals surface area contributed by atoms with E-state index in [2.05, 4.69) is 21.8 Å². The second-order valence-corrected chi connectivity index (χ2v) is 9.34. The molecule has 2 heterocycles. The third-order valence-electron chi connectivity index (χ3n) is 6.16. The number of nitrogens with zero attached hydrogens (tertiary/aromatic N) is 5. The Bertz CT molecular complexity index is 1400. The van der Waals surface area contributed by atoms with E-state index in [0.717, 1.165) is 47.7 Å². The molecule has 0 aliphatic heterocycles. The van der Waals surface area contributed by atoms with Gasteiger partial charge >= 0.3 is 0 Å². The van der Waals surface area contributed by atoms with Gasteiger partial charge in [-0.3, -0.25) is 9.48 Å². The lowest BCUT2D eigenvalue weighted by Gasteiger charge is -2.18. The molecule has 0 fully saturated rings. The summed E-state index contributed by atoms with van der Waals surface area (Å²) in [5.41, 5.74) is 5.94. The predicted octanol–water partition coefficient (Wildman–Crippen LogP) is 4.69. The van der Waals surface area contributed by atoms with Crippen LogP contribution in [0.4, 0.5) is 5.69 Å². The van der Waals surface area contributed by atoms with E-state index >= 15 is 0 Å². The van der Waals surface area contributed by atoms with Gasteiger partial charge in [0.05, 0.1) is 11.7 Å². The number of aryl methyl sites for hydroxylation is 2. The number of hydrogen-bond donors (Lipinski definition) is 2. The largest absolute Gasteiger partial charge is 0.384 e. The number of amides is 1. The van der Waals surface area contributed by atoms with Gasteiger partial charge in [-0.2, -0.15) is 5.10 Å². The molecule has 36 heavy (non-hydrogen) atoms. The number of aromatic nitrogens is 4. The molecule has 0 aliphatic carbocycles. The lowest BCUT2D eigenvalue weighted by molar-refractivity contribution is 0.0781. The fourth-order valence-electron chi connectivity index (χ4n) is 4.21. The highest BCUT2D eigenvalue weighted by Gasteiger charge is 2.21. The fourth-order valence-corrected chi connectivity index (χ4v) is 4.38. The van der Waals surface area contributed by atoms with Gasteiger partial charge in [-0.25, -0.2) is 9.97 Å². The standard InChI is InChI=1S/C27H32ClN7O/c1-6-35-18(3)20(15-31-35)16-34(5)27(36)25-23-14-21(28)7-8-24(23)32-26(33-25)19-11-17(2)12-22(13-19)30-10-9-29-4/h7-8,11-15,29-30H,6,9-10,16H2,1-5H3. The first-order valence-electron chi connectivity index (χ1n) is 12.0. The van der Waals surface area contributed by atoms with Crippen molar-refractivity contribution in [2.24, 2.45) is 0 Å². The summed E-state index contributed by atoms with van der Waals surface area (Å²) in [6.45, 7) is 8.94. The zero-order chi connectivity index (χ0) is 25.8. The average molecular weight is 506 g/mol. The van der Waals surface area contributed by atoms with E-state index < -0.39 is 0 Å². The smallest absolute Gasteiger partial charge is 0.273 e. The number of benzene rings is 2. The van der Waals surface area contributed by atoms with E-state index in [1.54, 1.807) is 24.1 Å². The van der Waals surface area contributed by atoms with E-state index in [1.165, 1.54) is 0 Å². The second kappa shape index (κ2) is 11.1. The fraction of sp³-hybridized carbons (Fsp3) is 0.333. The summed E-state index contributed by atoms with van der Waals surface area (Å²) < 4.78 is 1.92. The Kier molecular flexibility index (Phi) is 7.86. The molecule has 4 aromatic rings. The van der Waals surface area contributed by atoms with Crippen molar-refractivity contribution in [3.05, 3.63) is 70.1 Å². The molecular weight excluding hydrogens is 474 g/mol. The number of rotatable bonds is 9. The molecule has 0 saturated carbocycles. The Morgan fingerprint density at radius 1 is 1.11 bits per heavy atom. The Balaban J connectivity index is 1.74. The second-order valence-electron chi connectivity index (χ2n) is 8.91. The molecule has 0 saturated heterocycles. The molecule has 0 aliphatic rings. The maximum atomic E-state index is 13.7. The summed E-state index contributed by atoms with van der Waals surface area (Å²) in [6, 6.07) is 11.5. The lowest BCUT2D eigenvalue weighted by Crippen LogP contribution is -2.27. The van der Waals surface area contributed by atoms with Gasteiger partial charge in [0.1, 0.15) is 5.69 Å². The van der Waals surface area contributed by atoms with Crippen LogP contribution in [0.15, 0.2) is 42.6 Å². The normalized spacial score (nSPS) is 11.2. The van der Waals surface area contributed by atoms with Gasteiger partial charge in [0.15, 0.2) is 5.82 Å². The van der Waals surface area contributed by atoms with Crippen molar-refractivity contribution in [1.82, 2.24) is 30.0 Å². The van der Waals surface area contributed by atoms with Crippen molar-refractivity contribution in [1.29, 1.82) is 0 Å². The van der Waals surface area contributed by atoms with E-state index in [-0.39, 0.29) is 5.91 Å². The van der Waals surface area contributed by atoms with Crippen LogP contribution in [0.2, 0.25) is 5.02 Å². The summed E-state index contributed by atoms with van der Waals surface area (Å²) in [5, 5.41) is 12.1. The molecule has 8 nitrogen and oxygen atoms in total. The zero-order valence-corrected chi connectivity index (χ0v) is 22.1. The molecular formula is C27H32ClN7O. The Labute approximate surface area is 216 Å². The van der Waals surface area contributed by atoms with Crippen molar-refractivity contribution in [2.75, 3.05) is 32.5 Å². The maximum Gasteiger partial charge on any atom is 0.273 e. The summed E-state index contributed by atoms with van der Waals surface area (Å²) in [4.78, 5) is 24.9. The van der Waals surface area contributed by atoms with Crippen LogP contribution in [0.1, 0.15) is 34.2 Å². The van der Waals surface area contributed by atoms with Crippen molar-refractivity contribution >= 4 is 34.1 Å². The summed E-state index contributed by atoms with van der Waals surface area (Å²) in [5.74, 6) is 0.298. The first kappa shape index (κ1) is 25.6. The number of nitrogens with one attached hydrogen (secondary N) is 2. The molecule has 188 valence electrons. The molecule has 0 bridgehead atoms. The van der Waals surface area contributed by atoms with Gasteiger partial charge in [0, 0.05) is 66.1 Å². The minimum atomic E-state index is -0.199. The van der Waals surface area contributed by atoms with E-state index in [0.29, 0.717) is 34.0 Å². The van der Waals surface area contributed by atoms with Gasteiger partial charge in [-0.15, -0.1) is 0 Å². The van der Waals surface area contributed by atoms with Gasteiger partial charge in [0.25, 0.3) is 5.91 Å². The molecule has 2 aromatic heterocycles. The Morgan fingerprint density at radius 2 is 1.92 bits per heavy atom. The van der Waals surface area contributed by atoms with Crippen molar-refractivity contribution in [3.8, 4) is 11.4 Å². The van der Waals surface area contributed by atoms with Crippen LogP contribution in [0.5, 0.6) is 0 Å². The molecule has 0 spiro atoms. The molecule has 4 rings (SSSR count). The first-order valence-corrected chi connectivity index (χ1v) is 12.4. The topological polar surface area (TPSA) is 88.0 Å². The third kappa shape index (κ3) is 5.50. The molecule has 0 unspecified atom stereocenters. The van der Waals surface area contributed by atoms with Crippen LogP contribution in [0.3, 0.4) is 0 Å². The number of hydrogen-bond acceptors (Lipinski definition) is 6. The minimum absolute atomic E-state index is 0.199. The van der Waals surface area contributed by atoms with Gasteiger partial charge < -0.3 is 15.5 Å². The van der Waals surface area contributed by atoms with Crippen LogP contribution < -0.4 is 10.6 Å². The van der Waals surface area contributed by atoms with Gasteiger partial charge in [-0.05, 0) is 69.8 Å². The van der Waals surface area contributed by atoms with Crippen LogP contribution in [0.25, 0.3) is 22.3 Å². The number of halogens is 1. The monoisotopic (exact) mass is 505 g/mol. The van der Waals surface area contributed by atoms with Crippen LogP contribution in [-0.2, 0) is 13.1 Å². The van der Waals surface area contributed by atoms with E-state index in [9.17, 15) is 4.79 Å². The zero-order valence-electron chi connectivity index (χ0n) is 21.4. The van der Waals surface area contributed by atoms with Crippen molar-refractivity contribution in [2.45, 2.75) is 33.9 Å². The highest BCUT2D eigenvalue weighted by Crippen LogP contribution is 2.28. The minimum Gasteiger partial charge on any atom is -0.384 e. The highest BCUT2D eigenvalue weighted by molar-refractivity contribution is 6.31. The van der Waals surface area contributed by atoms with Crippen molar-refractivity contribution in [3.63, 3.8) is 0 Å². The number of anilines is 1. The lowest BCUT2D eigenvalue weighted by atomic mass is 10.1. The quantitative estimate of drug-likeness (QED) is 0.321.